The fraction of sp³-hybridized carbons (Fsp3) is 0.357. The number of rotatable bonds is 7. The summed E-state index contributed by atoms with van der Waals surface area (Å²) >= 11 is 2.13. The Labute approximate surface area is 214 Å². The molecule has 4 rings (SSSR count). The second kappa shape index (κ2) is 10.8. The number of nitrogens with zero attached hydrogens (tertiary/aromatic N) is 2. The van der Waals surface area contributed by atoms with E-state index in [-0.39, 0.29) is 23.7 Å². The van der Waals surface area contributed by atoms with Crippen LogP contribution >= 0.6 is 22.6 Å². The van der Waals surface area contributed by atoms with E-state index < -0.39 is 0 Å². The lowest BCUT2D eigenvalue weighted by Crippen LogP contribution is -2.37. The van der Waals surface area contributed by atoms with E-state index in [9.17, 15) is 9.59 Å². The predicted molar refractivity (Wildman–Crippen MR) is 144 cm³/mol. The molecule has 0 unspecified atom stereocenters. The van der Waals surface area contributed by atoms with Gasteiger partial charge in [0.2, 0.25) is 5.91 Å². The first-order valence-corrected chi connectivity index (χ1v) is 13.2. The van der Waals surface area contributed by atoms with Gasteiger partial charge < -0.3 is 14.2 Å². The first-order valence-electron chi connectivity index (χ1n) is 11.7. The van der Waals surface area contributed by atoms with Crippen LogP contribution in [0.3, 0.4) is 0 Å². The summed E-state index contributed by atoms with van der Waals surface area (Å²) in [6.45, 7) is 3.07. The van der Waals surface area contributed by atoms with Crippen molar-refractivity contribution in [3.8, 4) is 0 Å². The zero-order valence-electron chi connectivity index (χ0n) is 20.0. The van der Waals surface area contributed by atoms with Crippen LogP contribution in [0.2, 0.25) is 0 Å². The molecule has 0 spiro atoms. The number of ether oxygens (including phenoxy) is 1. The van der Waals surface area contributed by atoms with E-state index in [1.54, 1.807) is 0 Å². The number of carbonyl (C=O) groups is 2. The Morgan fingerprint density at radius 3 is 2.53 bits per heavy atom. The molecule has 0 N–H and O–H groups in total. The summed E-state index contributed by atoms with van der Waals surface area (Å²) in [5.74, 6) is -0.521. The molecule has 0 saturated carbocycles. The van der Waals surface area contributed by atoms with Crippen molar-refractivity contribution >= 4 is 45.4 Å². The fourth-order valence-corrected chi connectivity index (χ4v) is 5.84. The standard InChI is InChI=1S/C28H31IN2O3/c1-4-20(18-31(25(32)16-29)17-19-10-6-5-7-11-19)21-14-15-24-26(27(21)28(33)34-3)22-12-8-9-13-23(22)30(24)2/h4-13,21,27H,14-18H2,1-3H3/b20-4-/t21-,27-/m0/s1. The number of methoxy groups -OCH3 is 1. The van der Waals surface area contributed by atoms with Crippen molar-refractivity contribution in [3.05, 3.63) is 83.1 Å². The first-order chi connectivity index (χ1) is 16.5. The van der Waals surface area contributed by atoms with E-state index >= 15 is 0 Å². The molecule has 0 bridgehead atoms. The Balaban J connectivity index is 1.72. The summed E-state index contributed by atoms with van der Waals surface area (Å²) in [4.78, 5) is 28.0. The number of carbonyl (C=O) groups excluding carboxylic acids is 2. The zero-order valence-corrected chi connectivity index (χ0v) is 22.1. The maximum atomic E-state index is 13.2. The minimum absolute atomic E-state index is 0.0176. The molecule has 5 nitrogen and oxygen atoms in total. The number of hydrogen-bond donors (Lipinski definition) is 0. The monoisotopic (exact) mass is 570 g/mol. The van der Waals surface area contributed by atoms with Gasteiger partial charge >= 0.3 is 5.97 Å². The maximum Gasteiger partial charge on any atom is 0.313 e. The summed E-state index contributed by atoms with van der Waals surface area (Å²) in [7, 11) is 3.54. The number of aryl methyl sites for hydroxylation is 1. The van der Waals surface area contributed by atoms with E-state index in [1.165, 1.54) is 12.8 Å². The number of benzene rings is 2. The summed E-state index contributed by atoms with van der Waals surface area (Å²) < 4.78 is 7.97. The molecule has 6 heteroatoms. The van der Waals surface area contributed by atoms with E-state index in [0.29, 0.717) is 17.5 Å². The topological polar surface area (TPSA) is 51.5 Å². The minimum atomic E-state index is -0.390. The number of fused-ring (bicyclic) bond motifs is 3. The Bertz CT molecular complexity index is 1220. The van der Waals surface area contributed by atoms with Gasteiger partial charge in [-0.1, -0.05) is 82.8 Å². The third-order valence-electron chi connectivity index (χ3n) is 7.04. The molecular weight excluding hydrogens is 539 g/mol. The normalized spacial score (nSPS) is 17.9. The van der Waals surface area contributed by atoms with Crippen LogP contribution in [0.4, 0.5) is 0 Å². The lowest BCUT2D eigenvalue weighted by Gasteiger charge is -2.35. The highest BCUT2D eigenvalue weighted by Gasteiger charge is 2.40. The van der Waals surface area contributed by atoms with Crippen LogP contribution in [0.5, 0.6) is 0 Å². The second-order valence-corrected chi connectivity index (χ2v) is 9.58. The molecule has 1 amide bonds. The van der Waals surface area contributed by atoms with Crippen LogP contribution in [-0.2, 0) is 34.3 Å². The van der Waals surface area contributed by atoms with Gasteiger partial charge in [0, 0.05) is 36.7 Å². The molecule has 0 radical (unpaired) electrons. The van der Waals surface area contributed by atoms with Gasteiger partial charge in [0.25, 0.3) is 0 Å². The highest BCUT2D eigenvalue weighted by atomic mass is 127. The number of aromatic nitrogens is 1. The van der Waals surface area contributed by atoms with Crippen LogP contribution in [-0.4, -0.2) is 39.4 Å². The number of alkyl halides is 1. The molecule has 0 aliphatic heterocycles. The summed E-state index contributed by atoms with van der Waals surface area (Å²) in [5.41, 5.74) is 5.63. The quantitative estimate of drug-likeness (QED) is 0.165. The molecule has 0 saturated heterocycles. The molecule has 1 aliphatic rings. The smallest absolute Gasteiger partial charge is 0.313 e. The van der Waals surface area contributed by atoms with Crippen molar-refractivity contribution in [1.82, 2.24) is 9.47 Å². The molecule has 1 aromatic heterocycles. The maximum absolute atomic E-state index is 13.2. The average Bonchev–Trinajstić information content (AvgIpc) is 3.17. The molecule has 2 aromatic carbocycles. The average molecular weight is 570 g/mol. The Kier molecular flexibility index (Phi) is 7.76. The summed E-state index contributed by atoms with van der Waals surface area (Å²) in [6, 6.07) is 18.3. The zero-order chi connectivity index (χ0) is 24.2. The predicted octanol–water partition coefficient (Wildman–Crippen LogP) is 5.41. The fourth-order valence-electron chi connectivity index (χ4n) is 5.36. The molecule has 178 valence electrons. The molecule has 34 heavy (non-hydrogen) atoms. The Morgan fingerprint density at radius 2 is 1.85 bits per heavy atom. The van der Waals surface area contributed by atoms with Crippen molar-refractivity contribution in [2.24, 2.45) is 13.0 Å². The van der Waals surface area contributed by atoms with Crippen LogP contribution in [0.25, 0.3) is 10.9 Å². The van der Waals surface area contributed by atoms with E-state index in [1.807, 2.05) is 54.3 Å². The van der Waals surface area contributed by atoms with Crippen LogP contribution in [0, 0.1) is 5.92 Å². The third kappa shape index (κ3) is 4.65. The summed E-state index contributed by atoms with van der Waals surface area (Å²) in [6.07, 6.45) is 3.82. The van der Waals surface area contributed by atoms with Gasteiger partial charge in [0.1, 0.15) is 0 Å². The number of hydrogen-bond acceptors (Lipinski definition) is 3. The van der Waals surface area contributed by atoms with E-state index in [2.05, 4.69) is 52.4 Å². The first kappa shape index (κ1) is 24.5. The van der Waals surface area contributed by atoms with Gasteiger partial charge in [-0.2, -0.15) is 0 Å². The number of allylic oxidation sites excluding steroid dienone is 1. The van der Waals surface area contributed by atoms with Gasteiger partial charge in [-0.3, -0.25) is 9.59 Å². The van der Waals surface area contributed by atoms with Gasteiger partial charge in [0.15, 0.2) is 0 Å². The van der Waals surface area contributed by atoms with E-state index in [0.717, 1.165) is 40.4 Å². The molecule has 3 aromatic rings. The number of halogens is 1. The van der Waals surface area contributed by atoms with Crippen molar-refractivity contribution in [1.29, 1.82) is 0 Å². The molecular formula is C28H31IN2O3. The Morgan fingerprint density at radius 1 is 1.15 bits per heavy atom. The highest BCUT2D eigenvalue weighted by Crippen LogP contribution is 2.45. The van der Waals surface area contributed by atoms with Crippen LogP contribution < -0.4 is 0 Å². The molecule has 0 fully saturated rings. The lowest BCUT2D eigenvalue weighted by molar-refractivity contribution is -0.143. The third-order valence-corrected chi connectivity index (χ3v) is 7.69. The Hall–Kier alpha value is -2.61. The van der Waals surface area contributed by atoms with Gasteiger partial charge in [0.05, 0.1) is 17.5 Å². The molecule has 1 aliphatic carbocycles. The van der Waals surface area contributed by atoms with Crippen LogP contribution in [0.15, 0.2) is 66.2 Å². The summed E-state index contributed by atoms with van der Waals surface area (Å²) in [5, 5.41) is 1.11. The number of para-hydroxylation sites is 1. The SMILES string of the molecule is C/C=C(/CN(Cc1ccccc1)C(=O)CI)[C@@H]1CCc2c(c3ccccc3n2C)[C@H]1C(=O)OC. The molecule has 1 heterocycles. The second-order valence-electron chi connectivity index (χ2n) is 8.82. The van der Waals surface area contributed by atoms with Crippen molar-refractivity contribution in [3.63, 3.8) is 0 Å². The van der Waals surface area contributed by atoms with Gasteiger partial charge in [-0.15, -0.1) is 0 Å². The number of esters is 1. The number of amides is 1. The van der Waals surface area contributed by atoms with Crippen molar-refractivity contribution < 1.29 is 14.3 Å². The van der Waals surface area contributed by atoms with Crippen molar-refractivity contribution in [2.75, 3.05) is 18.1 Å². The van der Waals surface area contributed by atoms with Crippen LogP contribution in [0.1, 0.15) is 36.1 Å². The minimum Gasteiger partial charge on any atom is -0.469 e. The molecule has 2 atom stereocenters. The highest BCUT2D eigenvalue weighted by molar-refractivity contribution is 14.1. The van der Waals surface area contributed by atoms with Gasteiger partial charge in [-0.05, 0) is 42.9 Å². The van der Waals surface area contributed by atoms with E-state index in [4.69, 9.17) is 4.74 Å². The lowest BCUT2D eigenvalue weighted by atomic mass is 9.72. The largest absolute Gasteiger partial charge is 0.469 e. The van der Waals surface area contributed by atoms with Gasteiger partial charge in [-0.25, -0.2) is 0 Å². The van der Waals surface area contributed by atoms with Crippen molar-refractivity contribution in [2.45, 2.75) is 32.2 Å².